The summed E-state index contributed by atoms with van der Waals surface area (Å²) in [5, 5.41) is 8.30. The quantitative estimate of drug-likeness (QED) is 0.644. The van der Waals surface area contributed by atoms with Crippen LogP contribution in [0.1, 0.15) is 12.0 Å². The molecule has 2 aromatic carbocycles. The highest BCUT2D eigenvalue weighted by molar-refractivity contribution is 5.73. The molecule has 0 aliphatic heterocycles. The van der Waals surface area contributed by atoms with Crippen molar-refractivity contribution < 1.29 is 4.74 Å². The Bertz CT molecular complexity index is 664. The molecule has 0 radical (unpaired) electrons. The molecule has 1 heterocycles. The van der Waals surface area contributed by atoms with E-state index in [1.54, 1.807) is 0 Å². The van der Waals surface area contributed by atoms with Crippen molar-refractivity contribution in [1.82, 2.24) is 15.0 Å². The Labute approximate surface area is 118 Å². The minimum atomic E-state index is 0.666. The maximum Gasteiger partial charge on any atom is 0.113 e. The van der Waals surface area contributed by atoms with E-state index in [4.69, 9.17) is 4.74 Å². The molecular formula is C16H17N3O. The molecule has 0 spiro atoms. The zero-order valence-corrected chi connectivity index (χ0v) is 11.3. The van der Waals surface area contributed by atoms with Gasteiger partial charge in [0.1, 0.15) is 5.52 Å². The predicted octanol–water partition coefficient (Wildman–Crippen LogP) is 3.04. The van der Waals surface area contributed by atoms with Gasteiger partial charge < -0.3 is 4.74 Å². The molecule has 20 heavy (non-hydrogen) atoms. The van der Waals surface area contributed by atoms with Gasteiger partial charge in [-0.3, -0.25) is 0 Å². The van der Waals surface area contributed by atoms with Crippen molar-refractivity contribution in [3.05, 3.63) is 60.2 Å². The summed E-state index contributed by atoms with van der Waals surface area (Å²) in [4.78, 5) is 0. The standard InChI is InChI=1S/C16H17N3O/c1-2-7-14(8-3-1)13-20-12-6-11-19-16-10-5-4-9-15(16)17-18-19/h1-5,7-10H,6,11-13H2. The molecule has 0 amide bonds. The first-order valence-corrected chi connectivity index (χ1v) is 6.83. The number of benzene rings is 2. The summed E-state index contributed by atoms with van der Waals surface area (Å²) in [6.45, 7) is 2.22. The van der Waals surface area contributed by atoms with E-state index in [0.717, 1.165) is 30.6 Å². The van der Waals surface area contributed by atoms with Crippen molar-refractivity contribution >= 4 is 11.0 Å². The maximum absolute atomic E-state index is 5.67. The van der Waals surface area contributed by atoms with Gasteiger partial charge in [-0.15, -0.1) is 5.10 Å². The molecule has 0 bridgehead atoms. The third-order valence-electron chi connectivity index (χ3n) is 3.19. The van der Waals surface area contributed by atoms with Crippen molar-refractivity contribution in [1.29, 1.82) is 0 Å². The Balaban J connectivity index is 1.46. The molecule has 0 aliphatic rings. The first-order chi connectivity index (χ1) is 9.93. The number of fused-ring (bicyclic) bond motifs is 1. The van der Waals surface area contributed by atoms with Gasteiger partial charge in [-0.05, 0) is 24.1 Å². The highest BCUT2D eigenvalue weighted by Crippen LogP contribution is 2.10. The van der Waals surface area contributed by atoms with Crippen LogP contribution in [0.25, 0.3) is 11.0 Å². The fourth-order valence-electron chi connectivity index (χ4n) is 2.16. The van der Waals surface area contributed by atoms with E-state index in [1.165, 1.54) is 5.56 Å². The minimum absolute atomic E-state index is 0.666. The first kappa shape index (κ1) is 12.8. The summed E-state index contributed by atoms with van der Waals surface area (Å²) >= 11 is 0. The second kappa shape index (κ2) is 6.30. The van der Waals surface area contributed by atoms with Gasteiger partial charge in [0.2, 0.25) is 0 Å². The number of aromatic nitrogens is 3. The van der Waals surface area contributed by atoms with Gasteiger partial charge in [-0.1, -0.05) is 47.7 Å². The molecule has 4 heteroatoms. The largest absolute Gasteiger partial charge is 0.377 e. The van der Waals surface area contributed by atoms with E-state index in [0.29, 0.717) is 6.61 Å². The second-order valence-corrected chi connectivity index (χ2v) is 4.69. The van der Waals surface area contributed by atoms with Crippen molar-refractivity contribution in [2.24, 2.45) is 0 Å². The monoisotopic (exact) mass is 267 g/mol. The van der Waals surface area contributed by atoms with E-state index in [9.17, 15) is 0 Å². The van der Waals surface area contributed by atoms with Gasteiger partial charge in [0, 0.05) is 13.2 Å². The van der Waals surface area contributed by atoms with Gasteiger partial charge in [-0.2, -0.15) is 0 Å². The van der Waals surface area contributed by atoms with Crippen LogP contribution >= 0.6 is 0 Å². The van der Waals surface area contributed by atoms with E-state index in [1.807, 2.05) is 47.1 Å². The Morgan fingerprint density at radius 1 is 0.950 bits per heavy atom. The lowest BCUT2D eigenvalue weighted by atomic mass is 10.2. The SMILES string of the molecule is c1ccc(COCCCn2nnc3ccccc32)cc1. The van der Waals surface area contributed by atoms with Crippen LogP contribution in [0.3, 0.4) is 0 Å². The lowest BCUT2D eigenvalue weighted by Gasteiger charge is -2.05. The maximum atomic E-state index is 5.67. The Morgan fingerprint density at radius 2 is 1.75 bits per heavy atom. The van der Waals surface area contributed by atoms with Crippen LogP contribution in [0.2, 0.25) is 0 Å². The van der Waals surface area contributed by atoms with Crippen molar-refractivity contribution in [2.45, 2.75) is 19.6 Å². The van der Waals surface area contributed by atoms with E-state index >= 15 is 0 Å². The Kier molecular flexibility index (Phi) is 4.04. The average Bonchev–Trinajstić information content (AvgIpc) is 2.91. The molecule has 0 fully saturated rings. The highest BCUT2D eigenvalue weighted by atomic mass is 16.5. The lowest BCUT2D eigenvalue weighted by Crippen LogP contribution is -2.04. The summed E-state index contributed by atoms with van der Waals surface area (Å²) in [7, 11) is 0. The number of nitrogens with zero attached hydrogens (tertiary/aromatic N) is 3. The van der Waals surface area contributed by atoms with Crippen molar-refractivity contribution in [3.63, 3.8) is 0 Å². The number of aryl methyl sites for hydroxylation is 1. The van der Waals surface area contributed by atoms with Crippen LogP contribution in [0.15, 0.2) is 54.6 Å². The summed E-state index contributed by atoms with van der Waals surface area (Å²) in [5.74, 6) is 0. The van der Waals surface area contributed by atoms with E-state index in [2.05, 4.69) is 22.4 Å². The number of ether oxygens (including phenoxy) is 1. The molecule has 3 aromatic rings. The van der Waals surface area contributed by atoms with E-state index < -0.39 is 0 Å². The number of hydrogen-bond acceptors (Lipinski definition) is 3. The molecule has 3 rings (SSSR count). The Hall–Kier alpha value is -2.20. The van der Waals surface area contributed by atoms with Crippen molar-refractivity contribution in [3.8, 4) is 0 Å². The molecular weight excluding hydrogens is 250 g/mol. The fraction of sp³-hybridized carbons (Fsp3) is 0.250. The molecule has 0 aliphatic carbocycles. The summed E-state index contributed by atoms with van der Waals surface area (Å²) in [6.07, 6.45) is 0.931. The fourth-order valence-corrected chi connectivity index (χ4v) is 2.16. The highest BCUT2D eigenvalue weighted by Gasteiger charge is 2.02. The van der Waals surface area contributed by atoms with Crippen LogP contribution in [0.4, 0.5) is 0 Å². The van der Waals surface area contributed by atoms with Crippen LogP contribution in [-0.4, -0.2) is 21.6 Å². The van der Waals surface area contributed by atoms with Gasteiger partial charge >= 0.3 is 0 Å². The molecule has 4 nitrogen and oxygen atoms in total. The minimum Gasteiger partial charge on any atom is -0.377 e. The molecule has 0 saturated carbocycles. The van der Waals surface area contributed by atoms with Crippen molar-refractivity contribution in [2.75, 3.05) is 6.61 Å². The third kappa shape index (κ3) is 3.03. The van der Waals surface area contributed by atoms with Gasteiger partial charge in [0.25, 0.3) is 0 Å². The van der Waals surface area contributed by atoms with Crippen LogP contribution < -0.4 is 0 Å². The Morgan fingerprint density at radius 3 is 2.65 bits per heavy atom. The number of para-hydroxylation sites is 1. The molecule has 0 saturated heterocycles. The van der Waals surface area contributed by atoms with Gasteiger partial charge in [-0.25, -0.2) is 4.68 Å². The molecule has 102 valence electrons. The van der Waals surface area contributed by atoms with Crippen LogP contribution in [0, 0.1) is 0 Å². The third-order valence-corrected chi connectivity index (χ3v) is 3.19. The number of rotatable bonds is 6. The molecule has 0 unspecified atom stereocenters. The van der Waals surface area contributed by atoms with E-state index in [-0.39, 0.29) is 0 Å². The van der Waals surface area contributed by atoms with Gasteiger partial charge in [0.05, 0.1) is 12.1 Å². The molecule has 1 aromatic heterocycles. The van der Waals surface area contributed by atoms with Crippen LogP contribution in [-0.2, 0) is 17.9 Å². The average molecular weight is 267 g/mol. The van der Waals surface area contributed by atoms with Gasteiger partial charge in [0.15, 0.2) is 0 Å². The summed E-state index contributed by atoms with van der Waals surface area (Å²) in [5.41, 5.74) is 3.23. The zero-order valence-electron chi connectivity index (χ0n) is 11.3. The normalized spacial score (nSPS) is 11.0. The molecule has 0 N–H and O–H groups in total. The summed E-state index contributed by atoms with van der Waals surface area (Å²) in [6, 6.07) is 18.2. The second-order valence-electron chi connectivity index (χ2n) is 4.69. The predicted molar refractivity (Wildman–Crippen MR) is 78.2 cm³/mol. The zero-order chi connectivity index (χ0) is 13.6. The number of hydrogen-bond donors (Lipinski definition) is 0. The topological polar surface area (TPSA) is 39.9 Å². The first-order valence-electron chi connectivity index (χ1n) is 6.83. The summed E-state index contributed by atoms with van der Waals surface area (Å²) < 4.78 is 7.60. The lowest BCUT2D eigenvalue weighted by molar-refractivity contribution is 0.115. The molecule has 0 atom stereocenters. The van der Waals surface area contributed by atoms with Crippen LogP contribution in [0.5, 0.6) is 0 Å². The smallest absolute Gasteiger partial charge is 0.113 e.